The number of aliphatic hydroxyl groups is 1. The number of aromatic amines is 1. The molecule has 1 heterocycles. The van der Waals surface area contributed by atoms with Crippen molar-refractivity contribution in [3.8, 4) is 0 Å². The summed E-state index contributed by atoms with van der Waals surface area (Å²) in [5.41, 5.74) is 2.13. The fourth-order valence-electron chi connectivity index (χ4n) is 2.59. The highest BCUT2D eigenvalue weighted by Crippen LogP contribution is 2.14. The highest BCUT2D eigenvalue weighted by atomic mass is 127. The highest BCUT2D eigenvalue weighted by Gasteiger charge is 2.21. The summed E-state index contributed by atoms with van der Waals surface area (Å²) in [5.74, 6) is -0.875. The van der Waals surface area contributed by atoms with Crippen molar-refractivity contribution in [2.75, 3.05) is 6.61 Å². The van der Waals surface area contributed by atoms with Crippen molar-refractivity contribution in [1.29, 1.82) is 0 Å². The van der Waals surface area contributed by atoms with Gasteiger partial charge in [0.2, 0.25) is 5.91 Å². The van der Waals surface area contributed by atoms with Crippen LogP contribution in [0.1, 0.15) is 16.1 Å². The van der Waals surface area contributed by atoms with Gasteiger partial charge in [0.05, 0.1) is 6.61 Å². The normalized spacial score (nSPS) is 11.9. The molecule has 1 aromatic heterocycles. The second-order valence-electron chi connectivity index (χ2n) is 5.83. The molecule has 4 N–H and O–H groups in total. The quantitative estimate of drug-likeness (QED) is 0.423. The van der Waals surface area contributed by atoms with E-state index in [4.69, 9.17) is 0 Å². The van der Waals surface area contributed by atoms with Gasteiger partial charge < -0.3 is 20.7 Å². The molecular weight excluding hydrogens is 445 g/mol. The zero-order valence-corrected chi connectivity index (χ0v) is 16.0. The number of carbonyl (C=O) groups is 2. The molecule has 3 rings (SSSR count). The van der Waals surface area contributed by atoms with Gasteiger partial charge in [0.15, 0.2) is 0 Å². The second-order valence-corrected chi connectivity index (χ2v) is 7.07. The van der Waals surface area contributed by atoms with Crippen molar-refractivity contribution in [3.63, 3.8) is 0 Å². The van der Waals surface area contributed by atoms with E-state index in [0.717, 1.165) is 20.0 Å². The van der Waals surface area contributed by atoms with Gasteiger partial charge in [0.25, 0.3) is 5.91 Å². The van der Waals surface area contributed by atoms with Gasteiger partial charge in [0.1, 0.15) is 11.7 Å². The van der Waals surface area contributed by atoms with Crippen molar-refractivity contribution in [3.05, 3.63) is 69.4 Å². The standard InChI is InChI=1S/C19H18IN3O3/c20-14-6-3-4-12(8-14)10-21-18(25)17(11-24)23-19(26)16-9-13-5-1-2-7-15(13)22-16/h1-9,17,22,24H,10-11H2,(H,21,25)(H,23,26)/t17-/m0/s1. The smallest absolute Gasteiger partial charge is 0.268 e. The van der Waals surface area contributed by atoms with E-state index in [1.807, 2.05) is 48.5 Å². The number of benzene rings is 2. The predicted octanol–water partition coefficient (Wildman–Crippen LogP) is 2.18. The largest absolute Gasteiger partial charge is 0.394 e. The Bertz CT molecular complexity index is 905. The van der Waals surface area contributed by atoms with Crippen molar-refractivity contribution >= 4 is 45.3 Å². The van der Waals surface area contributed by atoms with Gasteiger partial charge in [-0.25, -0.2) is 0 Å². The maximum atomic E-state index is 12.4. The first kappa shape index (κ1) is 18.4. The Hall–Kier alpha value is -2.39. The van der Waals surface area contributed by atoms with Crippen LogP contribution < -0.4 is 10.6 Å². The Kier molecular flexibility index (Phi) is 5.89. The third-order valence-corrected chi connectivity index (χ3v) is 4.61. The van der Waals surface area contributed by atoms with E-state index in [0.29, 0.717) is 12.2 Å². The third-order valence-electron chi connectivity index (χ3n) is 3.93. The van der Waals surface area contributed by atoms with Gasteiger partial charge in [-0.05, 0) is 52.4 Å². The number of amides is 2. The molecular formula is C19H18IN3O3. The topological polar surface area (TPSA) is 94.2 Å². The summed E-state index contributed by atoms with van der Waals surface area (Å²) in [4.78, 5) is 27.6. The van der Waals surface area contributed by atoms with Crippen molar-refractivity contribution in [2.24, 2.45) is 0 Å². The number of hydrogen-bond acceptors (Lipinski definition) is 3. The molecule has 26 heavy (non-hydrogen) atoms. The first-order chi connectivity index (χ1) is 12.6. The Morgan fingerprint density at radius 1 is 1.12 bits per heavy atom. The zero-order valence-electron chi connectivity index (χ0n) is 13.8. The predicted molar refractivity (Wildman–Crippen MR) is 108 cm³/mol. The van der Waals surface area contributed by atoms with E-state index >= 15 is 0 Å². The molecule has 0 aliphatic rings. The number of carbonyl (C=O) groups excluding carboxylic acids is 2. The first-order valence-electron chi connectivity index (χ1n) is 8.08. The van der Waals surface area contributed by atoms with E-state index in [2.05, 4.69) is 38.2 Å². The van der Waals surface area contributed by atoms with Gasteiger partial charge in [-0.3, -0.25) is 9.59 Å². The summed E-state index contributed by atoms with van der Waals surface area (Å²) >= 11 is 2.20. The SMILES string of the molecule is O=C(N[C@@H](CO)C(=O)NCc1cccc(I)c1)c1cc2ccccc2[nH]1. The molecule has 0 saturated heterocycles. The summed E-state index contributed by atoms with van der Waals surface area (Å²) in [6.45, 7) is -0.154. The van der Waals surface area contributed by atoms with E-state index in [1.165, 1.54) is 0 Å². The molecule has 1 atom stereocenters. The van der Waals surface area contributed by atoms with Crippen LogP contribution in [-0.2, 0) is 11.3 Å². The average Bonchev–Trinajstić information content (AvgIpc) is 3.08. The minimum atomic E-state index is -1.02. The molecule has 0 radical (unpaired) electrons. The van der Waals surface area contributed by atoms with Crippen LogP contribution in [0.2, 0.25) is 0 Å². The van der Waals surface area contributed by atoms with Crippen molar-refractivity contribution in [1.82, 2.24) is 15.6 Å². The number of hydrogen-bond donors (Lipinski definition) is 4. The lowest BCUT2D eigenvalue weighted by atomic mass is 10.2. The van der Waals surface area contributed by atoms with Crippen LogP contribution >= 0.6 is 22.6 Å². The van der Waals surface area contributed by atoms with Gasteiger partial charge in [0, 0.05) is 21.0 Å². The van der Waals surface area contributed by atoms with Gasteiger partial charge in [-0.2, -0.15) is 0 Å². The Labute approximate surface area is 164 Å². The number of aromatic nitrogens is 1. The number of H-pyrrole nitrogens is 1. The molecule has 7 heteroatoms. The molecule has 0 aliphatic carbocycles. The maximum Gasteiger partial charge on any atom is 0.268 e. The van der Waals surface area contributed by atoms with E-state index in [9.17, 15) is 14.7 Å². The molecule has 0 saturated carbocycles. The van der Waals surface area contributed by atoms with Gasteiger partial charge in [-0.15, -0.1) is 0 Å². The molecule has 0 unspecified atom stereocenters. The third kappa shape index (κ3) is 4.41. The summed E-state index contributed by atoms with van der Waals surface area (Å²) in [6.07, 6.45) is 0. The molecule has 0 aliphatic heterocycles. The number of aliphatic hydroxyl groups excluding tert-OH is 1. The molecule has 6 nitrogen and oxygen atoms in total. The van der Waals surface area contributed by atoms with Crippen LogP contribution in [0, 0.1) is 3.57 Å². The number of para-hydroxylation sites is 1. The minimum Gasteiger partial charge on any atom is -0.394 e. The summed E-state index contributed by atoms with van der Waals surface area (Å²) in [5, 5.41) is 15.7. The van der Waals surface area contributed by atoms with Gasteiger partial charge in [-0.1, -0.05) is 30.3 Å². The lowest BCUT2D eigenvalue weighted by molar-refractivity contribution is -0.124. The van der Waals surface area contributed by atoms with E-state index in [-0.39, 0.29) is 0 Å². The summed E-state index contributed by atoms with van der Waals surface area (Å²) < 4.78 is 1.07. The Morgan fingerprint density at radius 2 is 1.92 bits per heavy atom. The minimum absolute atomic E-state index is 0.328. The highest BCUT2D eigenvalue weighted by molar-refractivity contribution is 14.1. The fraction of sp³-hybridized carbons (Fsp3) is 0.158. The lowest BCUT2D eigenvalue weighted by Crippen LogP contribution is -2.48. The summed E-state index contributed by atoms with van der Waals surface area (Å²) in [7, 11) is 0. The zero-order chi connectivity index (χ0) is 18.5. The monoisotopic (exact) mass is 463 g/mol. The molecule has 0 fully saturated rings. The fourth-order valence-corrected chi connectivity index (χ4v) is 3.19. The number of nitrogens with one attached hydrogen (secondary N) is 3. The number of fused-ring (bicyclic) bond motifs is 1. The van der Waals surface area contributed by atoms with Crippen molar-refractivity contribution < 1.29 is 14.7 Å². The molecule has 0 spiro atoms. The summed E-state index contributed by atoms with van der Waals surface area (Å²) in [6, 6.07) is 15.9. The number of rotatable bonds is 6. The van der Waals surface area contributed by atoms with E-state index < -0.39 is 24.5 Å². The van der Waals surface area contributed by atoms with Crippen LogP contribution in [0.25, 0.3) is 10.9 Å². The second kappa shape index (κ2) is 8.33. The van der Waals surface area contributed by atoms with Gasteiger partial charge >= 0.3 is 0 Å². The first-order valence-corrected chi connectivity index (χ1v) is 9.16. The van der Waals surface area contributed by atoms with E-state index in [1.54, 1.807) is 6.07 Å². The lowest BCUT2D eigenvalue weighted by Gasteiger charge is -2.16. The van der Waals surface area contributed by atoms with Crippen LogP contribution in [0.3, 0.4) is 0 Å². The molecule has 3 aromatic rings. The van der Waals surface area contributed by atoms with Crippen LogP contribution in [0.5, 0.6) is 0 Å². The maximum absolute atomic E-state index is 12.4. The Balaban J connectivity index is 1.62. The molecule has 0 bridgehead atoms. The van der Waals surface area contributed by atoms with Crippen LogP contribution in [-0.4, -0.2) is 34.6 Å². The molecule has 2 amide bonds. The molecule has 134 valence electrons. The molecule has 2 aromatic carbocycles. The number of halogens is 1. The Morgan fingerprint density at radius 3 is 2.65 bits per heavy atom. The average molecular weight is 463 g/mol. The van der Waals surface area contributed by atoms with Crippen molar-refractivity contribution in [2.45, 2.75) is 12.6 Å². The van der Waals surface area contributed by atoms with Crippen LogP contribution in [0.15, 0.2) is 54.6 Å². The van der Waals surface area contributed by atoms with Crippen LogP contribution in [0.4, 0.5) is 0 Å².